The van der Waals surface area contributed by atoms with Crippen molar-refractivity contribution in [1.29, 1.82) is 5.26 Å². The van der Waals surface area contributed by atoms with Crippen LogP contribution in [-0.2, 0) is 4.79 Å². The highest BCUT2D eigenvalue weighted by Gasteiger charge is 2.33. The first-order valence-electron chi connectivity index (χ1n) is 10.9. The van der Waals surface area contributed by atoms with Gasteiger partial charge in [-0.25, -0.2) is 0 Å². The molecule has 1 rings (SSSR count). The Balaban J connectivity index is 2.42. The minimum absolute atomic E-state index is 0.219. The average molecular weight is 394 g/mol. The predicted octanol–water partition coefficient (Wildman–Crippen LogP) is 4.83. The summed E-state index contributed by atoms with van der Waals surface area (Å²) in [5.41, 5.74) is -0.219. The lowest BCUT2D eigenvalue weighted by Crippen LogP contribution is -2.28. The molecule has 0 heterocycles. The largest absolute Gasteiger partial charge is 0.481 e. The molecular weight excluding hydrogens is 354 g/mol. The minimum atomic E-state index is -0.733. The fraction of sp³-hybridized carbons (Fsp3) is 0.826. The zero-order valence-corrected chi connectivity index (χ0v) is 17.6. The fourth-order valence-electron chi connectivity index (χ4n) is 4.17. The van der Waals surface area contributed by atoms with Gasteiger partial charge in [0.05, 0.1) is 18.3 Å². The molecule has 4 unspecified atom stereocenters. The van der Waals surface area contributed by atoms with Crippen LogP contribution in [0.25, 0.3) is 0 Å². The van der Waals surface area contributed by atoms with Gasteiger partial charge in [0.25, 0.3) is 0 Å². The number of carboxylic acids is 1. The van der Waals surface area contributed by atoms with Crippen LogP contribution in [0.1, 0.15) is 90.9 Å². The third kappa shape index (κ3) is 9.21. The Morgan fingerprint density at radius 1 is 1.18 bits per heavy atom. The number of rotatable bonds is 14. The van der Waals surface area contributed by atoms with Crippen molar-refractivity contribution < 1.29 is 20.1 Å². The van der Waals surface area contributed by atoms with Crippen molar-refractivity contribution in [3.8, 4) is 6.07 Å². The maximum absolute atomic E-state index is 10.6. The second kappa shape index (κ2) is 13.0. The Labute approximate surface area is 170 Å². The Morgan fingerprint density at radius 2 is 1.89 bits per heavy atom. The van der Waals surface area contributed by atoms with Crippen LogP contribution in [0.2, 0.25) is 0 Å². The van der Waals surface area contributed by atoms with E-state index in [1.165, 1.54) is 0 Å². The van der Waals surface area contributed by atoms with E-state index in [2.05, 4.69) is 26.0 Å². The lowest BCUT2D eigenvalue weighted by Gasteiger charge is -2.29. The normalized spacial score (nSPS) is 23.8. The van der Waals surface area contributed by atoms with Gasteiger partial charge < -0.3 is 15.3 Å². The van der Waals surface area contributed by atoms with E-state index >= 15 is 0 Å². The van der Waals surface area contributed by atoms with Crippen LogP contribution in [0.5, 0.6) is 0 Å². The van der Waals surface area contributed by atoms with Gasteiger partial charge in [-0.2, -0.15) is 5.26 Å². The van der Waals surface area contributed by atoms with E-state index < -0.39 is 12.1 Å². The molecule has 160 valence electrons. The van der Waals surface area contributed by atoms with E-state index in [0.29, 0.717) is 12.3 Å². The Bertz CT molecular complexity index is 523. The van der Waals surface area contributed by atoms with Crippen molar-refractivity contribution in [2.75, 3.05) is 0 Å². The van der Waals surface area contributed by atoms with E-state index in [4.69, 9.17) is 10.4 Å². The molecule has 5 heteroatoms. The molecule has 0 radical (unpaired) electrons. The standard InChI is InChI=1S/C23H39NO4/c1-23(2,16-8-5-9-17-24)21(26)15-13-18-12-14-20(25)19(18)10-6-3-4-7-11-22(27)28/h13,15,18-21,25-26H,3-12,14,16H2,1-2H3,(H,27,28). The van der Waals surface area contributed by atoms with Crippen molar-refractivity contribution in [3.05, 3.63) is 12.2 Å². The highest BCUT2D eigenvalue weighted by molar-refractivity contribution is 5.66. The van der Waals surface area contributed by atoms with Gasteiger partial charge in [0, 0.05) is 12.8 Å². The molecule has 0 spiro atoms. The summed E-state index contributed by atoms with van der Waals surface area (Å²) < 4.78 is 0. The number of aliphatic carboxylic acids is 1. The molecule has 0 aromatic heterocycles. The van der Waals surface area contributed by atoms with E-state index in [0.717, 1.165) is 64.2 Å². The molecule has 0 saturated heterocycles. The second-order valence-electron chi connectivity index (χ2n) is 9.00. The first-order chi connectivity index (χ1) is 13.3. The van der Waals surface area contributed by atoms with E-state index in [9.17, 15) is 15.0 Å². The van der Waals surface area contributed by atoms with Crippen molar-refractivity contribution in [2.24, 2.45) is 17.3 Å². The number of hydrogen-bond acceptors (Lipinski definition) is 4. The van der Waals surface area contributed by atoms with Gasteiger partial charge in [-0.05, 0) is 55.8 Å². The molecule has 0 aliphatic heterocycles. The molecule has 0 amide bonds. The highest BCUT2D eigenvalue weighted by Crippen LogP contribution is 2.37. The third-order valence-electron chi connectivity index (χ3n) is 6.22. The zero-order chi connectivity index (χ0) is 21.0. The predicted molar refractivity (Wildman–Crippen MR) is 111 cm³/mol. The van der Waals surface area contributed by atoms with Crippen LogP contribution in [0.15, 0.2) is 12.2 Å². The van der Waals surface area contributed by atoms with Crippen molar-refractivity contribution in [2.45, 2.75) is 103 Å². The minimum Gasteiger partial charge on any atom is -0.481 e. The van der Waals surface area contributed by atoms with Crippen LogP contribution >= 0.6 is 0 Å². The van der Waals surface area contributed by atoms with Gasteiger partial charge in [0.2, 0.25) is 0 Å². The number of unbranched alkanes of at least 4 members (excludes halogenated alkanes) is 5. The topological polar surface area (TPSA) is 102 Å². The van der Waals surface area contributed by atoms with Crippen molar-refractivity contribution >= 4 is 5.97 Å². The quantitative estimate of drug-likeness (QED) is 0.290. The Hall–Kier alpha value is -1.38. The lowest BCUT2D eigenvalue weighted by molar-refractivity contribution is -0.137. The number of allylic oxidation sites excluding steroid dienone is 1. The summed E-state index contributed by atoms with van der Waals surface area (Å²) in [6.07, 6.45) is 13.1. The summed E-state index contributed by atoms with van der Waals surface area (Å²) in [5.74, 6) is -0.192. The lowest BCUT2D eigenvalue weighted by atomic mass is 9.80. The first-order valence-corrected chi connectivity index (χ1v) is 10.9. The molecule has 28 heavy (non-hydrogen) atoms. The number of nitrogens with zero attached hydrogens (tertiary/aromatic N) is 1. The van der Waals surface area contributed by atoms with Gasteiger partial charge in [0.1, 0.15) is 0 Å². The van der Waals surface area contributed by atoms with Crippen LogP contribution in [-0.4, -0.2) is 33.5 Å². The van der Waals surface area contributed by atoms with Gasteiger partial charge >= 0.3 is 5.97 Å². The van der Waals surface area contributed by atoms with Gasteiger partial charge in [-0.1, -0.05) is 51.7 Å². The maximum Gasteiger partial charge on any atom is 0.303 e. The molecule has 1 aliphatic rings. The third-order valence-corrected chi connectivity index (χ3v) is 6.22. The van der Waals surface area contributed by atoms with Crippen LogP contribution < -0.4 is 0 Å². The molecule has 4 atom stereocenters. The second-order valence-corrected chi connectivity index (χ2v) is 9.00. The van der Waals surface area contributed by atoms with Crippen molar-refractivity contribution in [3.63, 3.8) is 0 Å². The zero-order valence-electron chi connectivity index (χ0n) is 17.6. The molecule has 5 nitrogen and oxygen atoms in total. The van der Waals surface area contributed by atoms with Gasteiger partial charge in [-0.15, -0.1) is 0 Å². The van der Waals surface area contributed by atoms with Crippen LogP contribution in [0.3, 0.4) is 0 Å². The summed E-state index contributed by atoms with van der Waals surface area (Å²) in [6.45, 7) is 4.12. The van der Waals surface area contributed by atoms with Gasteiger partial charge in [-0.3, -0.25) is 4.79 Å². The fourth-order valence-corrected chi connectivity index (χ4v) is 4.17. The molecule has 0 bridgehead atoms. The first kappa shape index (κ1) is 24.7. The summed E-state index contributed by atoms with van der Waals surface area (Å²) in [5, 5.41) is 38.2. The van der Waals surface area contributed by atoms with Crippen LogP contribution in [0, 0.1) is 28.6 Å². The van der Waals surface area contributed by atoms with Crippen LogP contribution in [0.4, 0.5) is 0 Å². The summed E-state index contributed by atoms with van der Waals surface area (Å²) in [4.78, 5) is 10.5. The smallest absolute Gasteiger partial charge is 0.303 e. The maximum atomic E-state index is 10.6. The van der Waals surface area contributed by atoms with Crippen molar-refractivity contribution in [1.82, 2.24) is 0 Å². The molecule has 1 saturated carbocycles. The Kier molecular flexibility index (Phi) is 11.4. The molecule has 1 fully saturated rings. The average Bonchev–Trinajstić information content (AvgIpc) is 2.99. The van der Waals surface area contributed by atoms with E-state index in [1.54, 1.807) is 0 Å². The number of carboxylic acid groups (broad SMARTS) is 1. The highest BCUT2D eigenvalue weighted by atomic mass is 16.4. The number of nitriles is 1. The van der Waals surface area contributed by atoms with E-state index in [-0.39, 0.29) is 23.9 Å². The number of carbonyl (C=O) groups is 1. The molecule has 1 aliphatic carbocycles. The summed E-state index contributed by atoms with van der Waals surface area (Å²) in [7, 11) is 0. The van der Waals surface area contributed by atoms with Gasteiger partial charge in [0.15, 0.2) is 0 Å². The number of aliphatic hydroxyl groups excluding tert-OH is 2. The molecule has 0 aromatic carbocycles. The molecule has 0 aromatic rings. The van der Waals surface area contributed by atoms with E-state index in [1.807, 2.05) is 6.08 Å². The molecule has 3 N–H and O–H groups in total. The Morgan fingerprint density at radius 3 is 2.57 bits per heavy atom. The SMILES string of the molecule is CC(C)(CCCCC#N)C(O)C=CC1CCC(O)C1CCCCCCC(=O)O. The number of hydrogen-bond donors (Lipinski definition) is 3. The summed E-state index contributed by atoms with van der Waals surface area (Å²) in [6, 6.07) is 2.16. The number of aliphatic hydroxyl groups is 2. The summed E-state index contributed by atoms with van der Waals surface area (Å²) >= 11 is 0. The molecular formula is C23H39NO4. The monoisotopic (exact) mass is 393 g/mol.